The van der Waals surface area contributed by atoms with Crippen LogP contribution in [0.5, 0.6) is 0 Å². The van der Waals surface area contributed by atoms with Gasteiger partial charge >= 0.3 is 5.97 Å². The average molecular weight is 311 g/mol. The molecule has 0 N–H and O–H groups in total. The Kier molecular flexibility index (Phi) is 3.38. The van der Waals surface area contributed by atoms with Gasteiger partial charge in [-0.3, -0.25) is 4.79 Å². The molecule has 0 bridgehead atoms. The van der Waals surface area contributed by atoms with Crippen molar-refractivity contribution in [1.29, 1.82) is 0 Å². The second-order valence-corrected chi connectivity index (χ2v) is 13.9. The topological polar surface area (TPSA) is 35.5 Å². The molecule has 1 aliphatic heterocycles. The van der Waals surface area contributed by atoms with Crippen molar-refractivity contribution < 1.29 is 14.0 Å². The van der Waals surface area contributed by atoms with Crippen LogP contribution in [0.1, 0.15) is 47.0 Å². The van der Waals surface area contributed by atoms with Crippen LogP contribution >= 0.6 is 0 Å². The summed E-state index contributed by atoms with van der Waals surface area (Å²) in [7, 11) is -1.78. The molecule has 3 fully saturated rings. The summed E-state index contributed by atoms with van der Waals surface area (Å²) in [5.41, 5.74) is 0.0423. The zero-order valence-corrected chi connectivity index (χ0v) is 15.4. The highest BCUT2D eigenvalue weighted by Gasteiger charge is 2.71. The van der Waals surface area contributed by atoms with E-state index in [4.69, 9.17) is 9.16 Å². The lowest BCUT2D eigenvalue weighted by molar-refractivity contribution is -0.148. The molecule has 21 heavy (non-hydrogen) atoms. The number of carbonyl (C=O) groups excluding carboxylic acids is 1. The standard InChI is InChI=1S/C17H30O3Si/c1-16(2,3)21(5,6)19-10-13-17(4)12-9-7-8-11(12)14(17)15(18)20-13/h11-14H,7-10H2,1-6H3/t11-,12+,13+,14-,17+/m0/s1. The van der Waals surface area contributed by atoms with Gasteiger partial charge in [-0.15, -0.1) is 0 Å². The summed E-state index contributed by atoms with van der Waals surface area (Å²) < 4.78 is 12.1. The molecule has 5 atom stereocenters. The molecular formula is C17H30O3Si. The van der Waals surface area contributed by atoms with Gasteiger partial charge in [-0.1, -0.05) is 34.1 Å². The number of ether oxygens (including phenoxy) is 1. The molecule has 1 heterocycles. The molecule has 4 heteroatoms. The van der Waals surface area contributed by atoms with Gasteiger partial charge in [-0.2, -0.15) is 0 Å². The summed E-state index contributed by atoms with van der Waals surface area (Å²) in [6.07, 6.45) is 3.74. The molecule has 120 valence electrons. The SMILES string of the molecule is CC(C)(C)[Si](C)(C)OC[C@H]1OC(=O)[C@@H]2[C@H]3CCC[C@H]3[C@@]21C. The normalized spacial score (nSPS) is 42.3. The van der Waals surface area contributed by atoms with E-state index in [9.17, 15) is 4.79 Å². The highest BCUT2D eigenvalue weighted by Crippen LogP contribution is 2.68. The Morgan fingerprint density at radius 3 is 2.62 bits per heavy atom. The van der Waals surface area contributed by atoms with E-state index in [1.807, 2.05) is 0 Å². The van der Waals surface area contributed by atoms with Crippen molar-refractivity contribution in [2.24, 2.45) is 23.2 Å². The summed E-state index contributed by atoms with van der Waals surface area (Å²) in [4.78, 5) is 12.2. The Morgan fingerprint density at radius 2 is 2.00 bits per heavy atom. The minimum atomic E-state index is -1.78. The molecule has 1 saturated heterocycles. The van der Waals surface area contributed by atoms with Crippen LogP contribution in [0.2, 0.25) is 18.1 Å². The van der Waals surface area contributed by atoms with Gasteiger partial charge in [0.05, 0.1) is 12.5 Å². The molecule has 3 nitrogen and oxygen atoms in total. The van der Waals surface area contributed by atoms with E-state index in [1.165, 1.54) is 19.3 Å². The van der Waals surface area contributed by atoms with Crippen molar-refractivity contribution in [1.82, 2.24) is 0 Å². The number of carbonyl (C=O) groups is 1. The van der Waals surface area contributed by atoms with Crippen LogP contribution in [0, 0.1) is 23.2 Å². The van der Waals surface area contributed by atoms with Crippen molar-refractivity contribution in [3.63, 3.8) is 0 Å². The zero-order chi connectivity index (χ0) is 15.6. The highest BCUT2D eigenvalue weighted by atomic mass is 28.4. The third-order valence-electron chi connectivity index (χ3n) is 7.07. The first-order valence-corrected chi connectivity index (χ1v) is 11.3. The van der Waals surface area contributed by atoms with Crippen LogP contribution in [0.25, 0.3) is 0 Å². The second-order valence-electron chi connectivity index (χ2n) is 9.04. The molecule has 3 aliphatic rings. The van der Waals surface area contributed by atoms with Crippen LogP contribution < -0.4 is 0 Å². The predicted molar refractivity (Wildman–Crippen MR) is 85.5 cm³/mol. The summed E-state index contributed by atoms with van der Waals surface area (Å²) in [5, 5.41) is 0.200. The maximum atomic E-state index is 12.2. The maximum absolute atomic E-state index is 12.2. The fraction of sp³-hybridized carbons (Fsp3) is 0.941. The van der Waals surface area contributed by atoms with Gasteiger partial charge in [0.25, 0.3) is 0 Å². The smallest absolute Gasteiger partial charge is 0.310 e. The molecule has 0 radical (unpaired) electrons. The van der Waals surface area contributed by atoms with Crippen LogP contribution in [0.3, 0.4) is 0 Å². The second kappa shape index (κ2) is 4.57. The first-order chi connectivity index (χ1) is 9.59. The first kappa shape index (κ1) is 15.5. The van der Waals surface area contributed by atoms with E-state index in [0.717, 1.165) is 0 Å². The van der Waals surface area contributed by atoms with Crippen LogP contribution in [0.4, 0.5) is 0 Å². The number of hydrogen-bond donors (Lipinski definition) is 0. The molecule has 3 rings (SSSR count). The quantitative estimate of drug-likeness (QED) is 0.584. The van der Waals surface area contributed by atoms with Gasteiger partial charge in [0.15, 0.2) is 8.32 Å². The van der Waals surface area contributed by atoms with Crippen molar-refractivity contribution in [3.8, 4) is 0 Å². The van der Waals surface area contributed by atoms with E-state index in [1.54, 1.807) is 0 Å². The van der Waals surface area contributed by atoms with E-state index < -0.39 is 8.32 Å². The molecule has 0 unspecified atom stereocenters. The van der Waals surface area contributed by atoms with Gasteiger partial charge in [0.1, 0.15) is 6.10 Å². The Balaban J connectivity index is 1.71. The van der Waals surface area contributed by atoms with Crippen LogP contribution in [-0.2, 0) is 14.0 Å². The molecule has 0 amide bonds. The van der Waals surface area contributed by atoms with Crippen LogP contribution in [-0.4, -0.2) is 27.0 Å². The monoisotopic (exact) mass is 310 g/mol. The van der Waals surface area contributed by atoms with Gasteiger partial charge in [0.2, 0.25) is 0 Å². The lowest BCUT2D eigenvalue weighted by Crippen LogP contribution is -2.57. The zero-order valence-electron chi connectivity index (χ0n) is 14.4. The minimum absolute atomic E-state index is 0.0246. The fourth-order valence-electron chi connectivity index (χ4n) is 4.66. The summed E-state index contributed by atoms with van der Waals surface area (Å²) >= 11 is 0. The summed E-state index contributed by atoms with van der Waals surface area (Å²) in [5.74, 6) is 1.48. The lowest BCUT2D eigenvalue weighted by Gasteiger charge is -2.53. The molecule has 0 aromatic carbocycles. The van der Waals surface area contributed by atoms with Gasteiger partial charge in [-0.25, -0.2) is 0 Å². The van der Waals surface area contributed by atoms with Gasteiger partial charge < -0.3 is 9.16 Å². The molecule has 0 aromatic rings. The van der Waals surface area contributed by atoms with Crippen molar-refractivity contribution >= 4 is 14.3 Å². The van der Waals surface area contributed by atoms with Crippen molar-refractivity contribution in [2.45, 2.75) is 71.2 Å². The molecular weight excluding hydrogens is 280 g/mol. The van der Waals surface area contributed by atoms with Crippen molar-refractivity contribution in [2.75, 3.05) is 6.61 Å². The lowest BCUT2D eigenvalue weighted by atomic mass is 9.48. The number of cyclic esters (lactones) is 1. The molecule has 0 aromatic heterocycles. The van der Waals surface area contributed by atoms with Gasteiger partial charge in [0, 0.05) is 5.41 Å². The Bertz CT molecular complexity index is 453. The third kappa shape index (κ3) is 2.05. The number of hydrogen-bond acceptors (Lipinski definition) is 3. The average Bonchev–Trinajstić information content (AvgIpc) is 2.84. The Hall–Kier alpha value is -0.353. The number of fused-ring (bicyclic) bond motifs is 4. The van der Waals surface area contributed by atoms with Crippen LogP contribution in [0.15, 0.2) is 0 Å². The molecule has 2 saturated carbocycles. The minimum Gasteiger partial charge on any atom is -0.459 e. The summed E-state index contributed by atoms with van der Waals surface area (Å²) in [6.45, 7) is 14.2. The fourth-order valence-corrected chi connectivity index (χ4v) is 5.66. The van der Waals surface area contributed by atoms with E-state index in [0.29, 0.717) is 18.4 Å². The number of rotatable bonds is 3. The largest absolute Gasteiger partial charge is 0.459 e. The van der Waals surface area contributed by atoms with Gasteiger partial charge in [-0.05, 0) is 42.8 Å². The maximum Gasteiger partial charge on any atom is 0.310 e. The Morgan fingerprint density at radius 1 is 1.33 bits per heavy atom. The third-order valence-corrected chi connectivity index (χ3v) is 11.6. The predicted octanol–water partition coefficient (Wildman–Crippen LogP) is 3.99. The Labute approximate surface area is 129 Å². The highest BCUT2D eigenvalue weighted by molar-refractivity contribution is 6.74. The van der Waals surface area contributed by atoms with E-state index >= 15 is 0 Å². The van der Waals surface area contributed by atoms with Crippen molar-refractivity contribution in [3.05, 3.63) is 0 Å². The number of esters is 1. The van der Waals surface area contributed by atoms with E-state index in [2.05, 4.69) is 40.8 Å². The first-order valence-electron chi connectivity index (χ1n) is 8.43. The molecule has 2 aliphatic carbocycles. The molecule has 0 spiro atoms. The van der Waals surface area contributed by atoms with E-state index in [-0.39, 0.29) is 28.4 Å². The summed E-state index contributed by atoms with van der Waals surface area (Å²) in [6, 6.07) is 0.